The van der Waals surface area contributed by atoms with Gasteiger partial charge in [-0.1, -0.05) is 13.8 Å². The number of aliphatic hydroxyl groups is 1. The summed E-state index contributed by atoms with van der Waals surface area (Å²) in [5, 5.41) is 22.9. The van der Waals surface area contributed by atoms with Gasteiger partial charge in [0.15, 0.2) is 17.0 Å². The molecule has 2 aliphatic rings. The Kier molecular flexibility index (Phi) is 6.66. The van der Waals surface area contributed by atoms with Gasteiger partial charge in [-0.25, -0.2) is 9.37 Å². The molecule has 1 aliphatic heterocycles. The van der Waals surface area contributed by atoms with Crippen LogP contribution in [-0.2, 0) is 6.18 Å². The van der Waals surface area contributed by atoms with E-state index in [1.807, 2.05) is 13.8 Å². The van der Waals surface area contributed by atoms with Gasteiger partial charge in [0.05, 0.1) is 28.6 Å². The van der Waals surface area contributed by atoms with Crippen molar-refractivity contribution in [3.63, 3.8) is 0 Å². The third kappa shape index (κ3) is 4.26. The number of benzene rings is 1. The number of pyridine rings is 1. The maximum atomic E-state index is 15.0. The van der Waals surface area contributed by atoms with E-state index in [4.69, 9.17) is 17.5 Å². The monoisotopic (exact) mass is 521 g/mol. The number of halogens is 4. The first-order chi connectivity index (χ1) is 16.9. The molecule has 2 fully saturated rings. The Morgan fingerprint density at radius 2 is 2.03 bits per heavy atom. The van der Waals surface area contributed by atoms with Crippen molar-refractivity contribution in [2.45, 2.75) is 51.1 Å². The van der Waals surface area contributed by atoms with Gasteiger partial charge in [0, 0.05) is 12.2 Å². The summed E-state index contributed by atoms with van der Waals surface area (Å²) in [5.74, 6) is -1.18. The molecule has 190 valence electrons. The van der Waals surface area contributed by atoms with E-state index in [1.54, 1.807) is 0 Å². The maximum Gasteiger partial charge on any atom is 0.419 e. The van der Waals surface area contributed by atoms with Crippen LogP contribution in [0.4, 0.5) is 28.9 Å². The molecule has 1 aromatic carbocycles. The largest absolute Gasteiger partial charge is 0.419 e. The number of aromatic nitrogens is 1. The van der Waals surface area contributed by atoms with E-state index in [0.717, 1.165) is 29.7 Å². The van der Waals surface area contributed by atoms with Crippen molar-refractivity contribution in [3.8, 4) is 6.07 Å². The third-order valence-corrected chi connectivity index (χ3v) is 6.86. The van der Waals surface area contributed by atoms with Gasteiger partial charge in [-0.05, 0) is 61.7 Å². The zero-order valence-corrected chi connectivity index (χ0v) is 20.3. The molecular weight excluding hydrogens is 498 g/mol. The fourth-order valence-corrected chi connectivity index (χ4v) is 5.00. The molecule has 1 aliphatic carbocycles. The van der Waals surface area contributed by atoms with Gasteiger partial charge in [-0.3, -0.25) is 9.69 Å². The Morgan fingerprint density at radius 1 is 1.33 bits per heavy atom. The number of rotatable bonds is 5. The second kappa shape index (κ2) is 9.29. The van der Waals surface area contributed by atoms with Crippen LogP contribution >= 0.6 is 12.2 Å². The number of thiocarbonyl (C=S) groups is 1. The number of carbonyl (C=O) groups is 1. The van der Waals surface area contributed by atoms with Crippen LogP contribution in [0.5, 0.6) is 0 Å². The van der Waals surface area contributed by atoms with Gasteiger partial charge in [0.25, 0.3) is 5.91 Å². The number of carbonyl (C=O) groups excluding carboxylic acids is 1. The van der Waals surface area contributed by atoms with Gasteiger partial charge >= 0.3 is 6.18 Å². The van der Waals surface area contributed by atoms with E-state index in [9.17, 15) is 27.5 Å². The van der Waals surface area contributed by atoms with Crippen LogP contribution in [-0.4, -0.2) is 39.4 Å². The lowest BCUT2D eigenvalue weighted by molar-refractivity contribution is -0.138. The maximum absolute atomic E-state index is 15.0. The topological polar surface area (TPSA) is 92.5 Å². The zero-order valence-electron chi connectivity index (χ0n) is 19.4. The summed E-state index contributed by atoms with van der Waals surface area (Å²) in [4.78, 5) is 18.6. The summed E-state index contributed by atoms with van der Waals surface area (Å²) >= 11 is 5.56. The van der Waals surface area contributed by atoms with Crippen LogP contribution in [0, 0.1) is 23.1 Å². The Hall–Kier alpha value is -3.30. The lowest BCUT2D eigenvalue weighted by atomic mass is 9.74. The lowest BCUT2D eigenvalue weighted by Crippen LogP contribution is -2.57. The second-order valence-electron chi connectivity index (χ2n) is 9.29. The molecule has 1 unspecified atom stereocenters. The first-order valence-corrected chi connectivity index (χ1v) is 11.7. The number of nitriles is 1. The highest BCUT2D eigenvalue weighted by Crippen LogP contribution is 2.50. The first kappa shape index (κ1) is 25.8. The molecule has 1 spiro atoms. The van der Waals surface area contributed by atoms with Crippen molar-refractivity contribution >= 4 is 34.6 Å². The van der Waals surface area contributed by atoms with Crippen molar-refractivity contribution in [2.75, 3.05) is 16.3 Å². The first-order valence-electron chi connectivity index (χ1n) is 11.3. The predicted molar refractivity (Wildman–Crippen MR) is 128 cm³/mol. The average Bonchev–Trinajstić information content (AvgIpc) is 3.03. The van der Waals surface area contributed by atoms with Crippen LogP contribution in [0.25, 0.3) is 0 Å². The number of hydrogen-bond acceptors (Lipinski definition) is 5. The van der Waals surface area contributed by atoms with Crippen LogP contribution in [0.2, 0.25) is 0 Å². The summed E-state index contributed by atoms with van der Waals surface area (Å²) in [7, 11) is 0. The third-order valence-electron chi connectivity index (χ3n) is 6.48. The molecule has 2 aromatic rings. The molecule has 2 N–H and O–H groups in total. The molecule has 1 saturated heterocycles. The molecule has 1 amide bonds. The van der Waals surface area contributed by atoms with Crippen molar-refractivity contribution in [2.24, 2.45) is 5.92 Å². The van der Waals surface area contributed by atoms with Crippen molar-refractivity contribution in [3.05, 3.63) is 53.1 Å². The number of nitrogens with zero attached hydrogens (tertiary/aromatic N) is 4. The number of amides is 1. The molecule has 4 rings (SSSR count). The van der Waals surface area contributed by atoms with Crippen LogP contribution < -0.4 is 15.1 Å². The normalized spacial score (nSPS) is 19.0. The van der Waals surface area contributed by atoms with E-state index in [1.165, 1.54) is 23.1 Å². The highest BCUT2D eigenvalue weighted by atomic mass is 32.1. The molecule has 1 saturated carbocycles. The smallest absolute Gasteiger partial charge is 0.371 e. The summed E-state index contributed by atoms with van der Waals surface area (Å²) < 4.78 is 55.6. The van der Waals surface area contributed by atoms with E-state index < -0.39 is 40.9 Å². The number of anilines is 2. The van der Waals surface area contributed by atoms with E-state index in [2.05, 4.69) is 10.3 Å². The molecule has 1 aromatic heterocycles. The molecule has 0 radical (unpaired) electrons. The van der Waals surface area contributed by atoms with Crippen LogP contribution in [0.1, 0.15) is 54.7 Å². The van der Waals surface area contributed by atoms with Crippen molar-refractivity contribution < 1.29 is 27.5 Å². The lowest BCUT2D eigenvalue weighted by Gasteiger charge is -2.46. The van der Waals surface area contributed by atoms with Crippen molar-refractivity contribution in [1.82, 2.24) is 10.3 Å². The minimum atomic E-state index is -4.84. The number of alkyl halides is 3. The molecule has 0 bridgehead atoms. The summed E-state index contributed by atoms with van der Waals surface area (Å²) in [6, 6.07) is 6.08. The van der Waals surface area contributed by atoms with Gasteiger partial charge in [-0.15, -0.1) is 0 Å². The molecule has 7 nitrogen and oxygen atoms in total. The second-order valence-corrected chi connectivity index (χ2v) is 9.65. The summed E-state index contributed by atoms with van der Waals surface area (Å²) in [6.07, 6.45) is -3.50. The minimum Gasteiger partial charge on any atom is -0.371 e. The average molecular weight is 522 g/mol. The summed E-state index contributed by atoms with van der Waals surface area (Å²) in [6.45, 7) is 4.19. The molecule has 12 heteroatoms. The van der Waals surface area contributed by atoms with Gasteiger partial charge in [0.1, 0.15) is 11.9 Å². The number of nitrogens with one attached hydrogen (secondary N) is 1. The quantitative estimate of drug-likeness (QED) is 0.447. The predicted octanol–water partition coefficient (Wildman–Crippen LogP) is 4.35. The summed E-state index contributed by atoms with van der Waals surface area (Å²) in [5.41, 5.74) is -3.07. The standard InChI is InChI=1S/C24H23F4N5O2S/c1-13(2)11-31-20(34)16-5-4-14(9-18(16)25)33-22(36)32(21(35)23(33)6-3-7-23)15-8-17(24(26,27)28)19(10-29)30-12-15/h4-5,8-9,12-13,21,35H,3,6-7,11H2,1-2H3,(H,31,34). The molecule has 2 heterocycles. The van der Waals surface area contributed by atoms with E-state index in [-0.39, 0.29) is 28.0 Å². The Bertz CT molecular complexity index is 1260. The fraction of sp³-hybridized carbons (Fsp3) is 0.417. The fourth-order valence-electron chi connectivity index (χ4n) is 4.51. The Balaban J connectivity index is 1.72. The van der Waals surface area contributed by atoms with Crippen LogP contribution in [0.3, 0.4) is 0 Å². The zero-order chi connectivity index (χ0) is 26.4. The highest BCUT2D eigenvalue weighted by molar-refractivity contribution is 7.80. The Labute approximate surface area is 210 Å². The van der Waals surface area contributed by atoms with Gasteiger partial charge in [0.2, 0.25) is 0 Å². The molecular formula is C24H23F4N5O2S. The minimum absolute atomic E-state index is 0.0433. The van der Waals surface area contributed by atoms with Crippen LogP contribution in [0.15, 0.2) is 30.5 Å². The number of aliphatic hydroxyl groups excluding tert-OH is 1. The van der Waals surface area contributed by atoms with Crippen molar-refractivity contribution in [1.29, 1.82) is 5.26 Å². The SMILES string of the molecule is CC(C)CNC(=O)c1ccc(N2C(=S)N(c3cnc(C#N)c(C(F)(F)F)c3)C(O)C23CCC3)cc1F. The highest BCUT2D eigenvalue weighted by Gasteiger charge is 2.59. The number of hydrogen-bond donors (Lipinski definition) is 2. The van der Waals surface area contributed by atoms with E-state index >= 15 is 0 Å². The van der Waals surface area contributed by atoms with Gasteiger partial charge < -0.3 is 15.3 Å². The Morgan fingerprint density at radius 3 is 2.56 bits per heavy atom. The van der Waals surface area contributed by atoms with Gasteiger partial charge in [-0.2, -0.15) is 18.4 Å². The van der Waals surface area contributed by atoms with E-state index in [0.29, 0.717) is 19.4 Å². The molecule has 36 heavy (non-hydrogen) atoms. The molecule has 1 atom stereocenters.